The summed E-state index contributed by atoms with van der Waals surface area (Å²) in [4.78, 5) is 0. The Morgan fingerprint density at radius 1 is 1.15 bits per heavy atom. The molecule has 0 spiro atoms. The summed E-state index contributed by atoms with van der Waals surface area (Å²) in [5, 5.41) is 0. The van der Waals surface area contributed by atoms with E-state index in [1.54, 1.807) is 0 Å². The molecular weight excluding hydrogens is 156 g/mol. The zero-order valence-electron chi connectivity index (χ0n) is 9.48. The minimum atomic E-state index is 1.06. The molecule has 0 radical (unpaired) electrons. The van der Waals surface area contributed by atoms with E-state index in [-0.39, 0.29) is 0 Å². The molecule has 0 saturated heterocycles. The van der Waals surface area contributed by atoms with E-state index in [9.17, 15) is 0 Å². The Balaban J connectivity index is 0.000000310. The van der Waals surface area contributed by atoms with Crippen LogP contribution in [0, 0.1) is 0 Å². The van der Waals surface area contributed by atoms with Crippen molar-refractivity contribution in [2.75, 3.05) is 0 Å². The third kappa shape index (κ3) is 5.46. The van der Waals surface area contributed by atoms with Crippen molar-refractivity contribution in [1.29, 1.82) is 0 Å². The lowest BCUT2D eigenvalue weighted by Gasteiger charge is -2.09. The lowest BCUT2D eigenvalue weighted by Crippen LogP contribution is -1.89. The Labute approximate surface area is 83.0 Å². The molecule has 1 rings (SSSR count). The zero-order valence-corrected chi connectivity index (χ0v) is 9.48. The van der Waals surface area contributed by atoms with Crippen LogP contribution in [0.25, 0.3) is 0 Å². The third-order valence-electron chi connectivity index (χ3n) is 2.23. The number of allylic oxidation sites excluding steroid dienone is 5. The lowest BCUT2D eigenvalue weighted by molar-refractivity contribution is 0.886. The molecule has 74 valence electrons. The molecule has 0 fully saturated rings. The average molecular weight is 178 g/mol. The second-order valence-electron chi connectivity index (χ2n) is 3.63. The van der Waals surface area contributed by atoms with Gasteiger partial charge < -0.3 is 0 Å². The smallest absolute Gasteiger partial charge is 0.00700 e. The van der Waals surface area contributed by atoms with E-state index in [2.05, 4.69) is 46.4 Å². The zero-order chi connectivity index (χ0) is 10.3. The van der Waals surface area contributed by atoms with Crippen molar-refractivity contribution in [1.82, 2.24) is 0 Å². The summed E-state index contributed by atoms with van der Waals surface area (Å²) in [5.74, 6) is 0. The number of rotatable bonds is 1. The van der Waals surface area contributed by atoms with E-state index in [4.69, 9.17) is 0 Å². The Bertz CT molecular complexity index is 214. The van der Waals surface area contributed by atoms with Crippen molar-refractivity contribution in [2.24, 2.45) is 0 Å². The highest BCUT2D eigenvalue weighted by atomic mass is 14.1. The van der Waals surface area contributed by atoms with Crippen LogP contribution >= 0.6 is 0 Å². The summed E-state index contributed by atoms with van der Waals surface area (Å²) < 4.78 is 0. The van der Waals surface area contributed by atoms with Crippen molar-refractivity contribution < 1.29 is 0 Å². The van der Waals surface area contributed by atoms with Crippen LogP contribution in [0.3, 0.4) is 0 Å². The van der Waals surface area contributed by atoms with E-state index in [0.717, 1.165) is 6.42 Å². The van der Waals surface area contributed by atoms with Gasteiger partial charge in [0.1, 0.15) is 0 Å². The maximum absolute atomic E-state index is 3.88. The van der Waals surface area contributed by atoms with Crippen LogP contribution in [0.1, 0.15) is 47.0 Å². The van der Waals surface area contributed by atoms with Gasteiger partial charge >= 0.3 is 0 Å². The normalized spacial score (nSPS) is 15.5. The molecule has 0 atom stereocenters. The van der Waals surface area contributed by atoms with Crippen LogP contribution in [0.4, 0.5) is 0 Å². The first-order valence-electron chi connectivity index (χ1n) is 5.14. The minimum Gasteiger partial charge on any atom is -0.0955 e. The maximum atomic E-state index is 3.88. The Hall–Kier alpha value is -0.780. The van der Waals surface area contributed by atoms with Crippen LogP contribution in [0.5, 0.6) is 0 Å². The molecule has 0 aromatic carbocycles. The van der Waals surface area contributed by atoms with Crippen molar-refractivity contribution >= 4 is 0 Å². The fraction of sp³-hybridized carbons (Fsp3) is 0.538. The largest absolute Gasteiger partial charge is 0.0955 e. The van der Waals surface area contributed by atoms with Gasteiger partial charge in [0, 0.05) is 0 Å². The Morgan fingerprint density at radius 2 is 1.69 bits per heavy atom. The lowest BCUT2D eigenvalue weighted by atomic mass is 9.97. The highest BCUT2D eigenvalue weighted by Crippen LogP contribution is 2.20. The predicted molar refractivity (Wildman–Crippen MR) is 61.9 cm³/mol. The first-order chi connectivity index (χ1) is 6.11. The molecular formula is C13H22. The van der Waals surface area contributed by atoms with Gasteiger partial charge in [-0.3, -0.25) is 0 Å². The quantitative estimate of drug-likeness (QED) is 0.548. The van der Waals surface area contributed by atoms with E-state index in [1.807, 2.05) is 0 Å². The van der Waals surface area contributed by atoms with E-state index in [1.165, 1.54) is 29.6 Å². The molecule has 0 N–H and O–H groups in total. The Morgan fingerprint density at radius 3 is 2.00 bits per heavy atom. The van der Waals surface area contributed by atoms with Gasteiger partial charge in [-0.2, -0.15) is 0 Å². The third-order valence-corrected chi connectivity index (χ3v) is 2.23. The predicted octanol–water partition coefficient (Wildman–Crippen LogP) is 4.65. The summed E-state index contributed by atoms with van der Waals surface area (Å²) in [7, 11) is 0. The van der Waals surface area contributed by atoms with Crippen LogP contribution in [0.15, 0.2) is 35.5 Å². The highest BCUT2D eigenvalue weighted by Gasteiger charge is 2.00. The first kappa shape index (κ1) is 12.2. The van der Waals surface area contributed by atoms with E-state index in [0.29, 0.717) is 0 Å². The monoisotopic (exact) mass is 178 g/mol. The SMILES string of the molecule is C=C1C=CC(C)=C(C)C1.CCCC. The Kier molecular flexibility index (Phi) is 6.30. The topological polar surface area (TPSA) is 0 Å². The van der Waals surface area contributed by atoms with Crippen molar-refractivity contribution in [3.63, 3.8) is 0 Å². The molecule has 0 bridgehead atoms. The van der Waals surface area contributed by atoms with Crippen molar-refractivity contribution in [3.8, 4) is 0 Å². The number of hydrogen-bond acceptors (Lipinski definition) is 0. The van der Waals surface area contributed by atoms with E-state index < -0.39 is 0 Å². The molecule has 0 aromatic heterocycles. The van der Waals surface area contributed by atoms with Gasteiger partial charge in [-0.05, 0) is 20.3 Å². The van der Waals surface area contributed by atoms with Gasteiger partial charge in [-0.1, -0.05) is 62.1 Å². The second kappa shape index (κ2) is 6.71. The fourth-order valence-electron chi connectivity index (χ4n) is 0.924. The van der Waals surface area contributed by atoms with Crippen LogP contribution in [0.2, 0.25) is 0 Å². The molecule has 0 aliphatic heterocycles. The molecule has 0 amide bonds. The molecule has 13 heavy (non-hydrogen) atoms. The summed E-state index contributed by atoms with van der Waals surface area (Å²) in [5.41, 5.74) is 4.06. The van der Waals surface area contributed by atoms with Crippen LogP contribution in [-0.4, -0.2) is 0 Å². The van der Waals surface area contributed by atoms with Gasteiger partial charge in [0.2, 0.25) is 0 Å². The van der Waals surface area contributed by atoms with Crippen LogP contribution < -0.4 is 0 Å². The van der Waals surface area contributed by atoms with Gasteiger partial charge in [-0.25, -0.2) is 0 Å². The molecule has 0 nitrogen and oxygen atoms in total. The summed E-state index contributed by atoms with van der Waals surface area (Å²) in [6.45, 7) is 12.5. The number of hydrogen-bond donors (Lipinski definition) is 0. The summed E-state index contributed by atoms with van der Waals surface area (Å²) >= 11 is 0. The average Bonchev–Trinajstić information content (AvgIpc) is 2.12. The first-order valence-corrected chi connectivity index (χ1v) is 5.14. The van der Waals surface area contributed by atoms with Gasteiger partial charge in [0.15, 0.2) is 0 Å². The van der Waals surface area contributed by atoms with Gasteiger partial charge in [0.05, 0.1) is 0 Å². The molecule has 0 heterocycles. The standard InChI is InChI=1S/C9H12.C4H10/c1-7-4-5-8(2)9(3)6-7;1-3-4-2/h4-5H,1,6H2,2-3H3;3-4H2,1-2H3. The molecule has 1 aliphatic carbocycles. The van der Waals surface area contributed by atoms with Gasteiger partial charge in [-0.15, -0.1) is 0 Å². The van der Waals surface area contributed by atoms with Crippen molar-refractivity contribution in [3.05, 3.63) is 35.5 Å². The molecule has 1 aliphatic rings. The summed E-state index contributed by atoms with van der Waals surface area (Å²) in [6.07, 6.45) is 7.91. The number of unbranched alkanes of at least 4 members (excludes halogenated alkanes) is 1. The van der Waals surface area contributed by atoms with E-state index >= 15 is 0 Å². The van der Waals surface area contributed by atoms with Gasteiger partial charge in [0.25, 0.3) is 0 Å². The minimum absolute atomic E-state index is 1.06. The van der Waals surface area contributed by atoms with Crippen molar-refractivity contribution in [2.45, 2.75) is 47.0 Å². The second-order valence-corrected chi connectivity index (χ2v) is 3.63. The molecule has 0 saturated carbocycles. The fourth-order valence-corrected chi connectivity index (χ4v) is 0.924. The molecule has 0 aromatic rings. The molecule has 0 unspecified atom stereocenters. The maximum Gasteiger partial charge on any atom is -0.00700 e. The summed E-state index contributed by atoms with van der Waals surface area (Å²) in [6, 6.07) is 0. The highest BCUT2D eigenvalue weighted by molar-refractivity contribution is 5.37. The molecule has 0 heteroatoms. The van der Waals surface area contributed by atoms with Crippen LogP contribution in [-0.2, 0) is 0 Å².